The molecule has 2 N–H and O–H groups in total. The molecular weight excluding hydrogens is 308 g/mol. The van der Waals surface area contributed by atoms with E-state index in [1.807, 2.05) is 0 Å². The number of hydrogen-bond acceptors (Lipinski definition) is 8. The van der Waals surface area contributed by atoms with Crippen LogP contribution in [0.3, 0.4) is 0 Å². The molecule has 3 unspecified atom stereocenters. The van der Waals surface area contributed by atoms with Gasteiger partial charge in [0.25, 0.3) is 0 Å². The second-order valence-electron chi connectivity index (χ2n) is 5.38. The Morgan fingerprint density at radius 2 is 1.83 bits per heavy atom. The van der Waals surface area contributed by atoms with Gasteiger partial charge in [-0.25, -0.2) is 4.79 Å². The third kappa shape index (κ3) is 1.35. The number of hydrogen-bond donors (Lipinski definition) is 2. The van der Waals surface area contributed by atoms with Gasteiger partial charge in [-0.2, -0.15) is 0 Å². The molecule has 0 aromatic rings. The Morgan fingerprint density at radius 3 is 2.39 bits per heavy atom. The standard InChI is InChI=1S/C15H12O8/c1-22-11(19)6-5-7-8(16)3-4-9(17)14(7)12(20)15(14,10(6)18)13(21)23-2/h3-5,12,18,20H,1-2H3. The number of rotatable bonds is 2. The molecular formula is C15H12O8. The molecule has 23 heavy (non-hydrogen) atoms. The van der Waals surface area contributed by atoms with Crippen LogP contribution in [-0.2, 0) is 28.7 Å². The van der Waals surface area contributed by atoms with Gasteiger partial charge in [0, 0.05) is 5.57 Å². The zero-order valence-corrected chi connectivity index (χ0v) is 12.2. The van der Waals surface area contributed by atoms with Crippen LogP contribution in [0.2, 0.25) is 0 Å². The molecule has 1 fully saturated rings. The molecule has 120 valence electrons. The van der Waals surface area contributed by atoms with E-state index in [0.29, 0.717) is 0 Å². The van der Waals surface area contributed by atoms with Gasteiger partial charge >= 0.3 is 11.9 Å². The average Bonchev–Trinajstić information content (AvgIpc) is 3.12. The fourth-order valence-electron chi connectivity index (χ4n) is 3.57. The molecule has 8 heteroatoms. The van der Waals surface area contributed by atoms with E-state index in [1.165, 1.54) is 0 Å². The summed E-state index contributed by atoms with van der Waals surface area (Å²) in [5.74, 6) is -4.35. The number of ketones is 2. The van der Waals surface area contributed by atoms with Gasteiger partial charge in [0.2, 0.25) is 0 Å². The minimum atomic E-state index is -2.22. The highest BCUT2D eigenvalue weighted by atomic mass is 16.5. The van der Waals surface area contributed by atoms with Crippen LogP contribution >= 0.6 is 0 Å². The molecule has 0 saturated heterocycles. The largest absolute Gasteiger partial charge is 0.510 e. The van der Waals surface area contributed by atoms with E-state index in [-0.39, 0.29) is 5.57 Å². The van der Waals surface area contributed by atoms with E-state index in [4.69, 9.17) is 0 Å². The molecule has 0 aromatic carbocycles. The fourth-order valence-corrected chi connectivity index (χ4v) is 3.57. The molecule has 1 saturated carbocycles. The lowest BCUT2D eigenvalue weighted by Gasteiger charge is -2.28. The maximum Gasteiger partial charge on any atom is 0.341 e. The number of carbonyl (C=O) groups is 4. The Balaban J connectivity index is 2.37. The van der Waals surface area contributed by atoms with Crippen LogP contribution < -0.4 is 0 Å². The summed E-state index contributed by atoms with van der Waals surface area (Å²) in [5.41, 5.74) is -4.90. The monoisotopic (exact) mass is 320 g/mol. The summed E-state index contributed by atoms with van der Waals surface area (Å²) >= 11 is 0. The van der Waals surface area contributed by atoms with Crippen molar-refractivity contribution in [3.63, 3.8) is 0 Å². The smallest absolute Gasteiger partial charge is 0.341 e. The van der Waals surface area contributed by atoms with Crippen LogP contribution in [0.25, 0.3) is 0 Å². The SMILES string of the molecule is COC(=O)C1=C(O)C2(C(=O)OC)C(O)C23C(=O)C=CC(=O)C3=C1. The quantitative estimate of drug-likeness (QED) is 0.629. The van der Waals surface area contributed by atoms with Gasteiger partial charge in [-0.1, -0.05) is 0 Å². The number of esters is 2. The molecule has 0 heterocycles. The van der Waals surface area contributed by atoms with Crippen LogP contribution in [0, 0.1) is 10.8 Å². The molecule has 0 aliphatic heterocycles. The van der Waals surface area contributed by atoms with Gasteiger partial charge in [0.05, 0.1) is 25.9 Å². The number of carbonyl (C=O) groups excluding carboxylic acids is 4. The zero-order valence-electron chi connectivity index (χ0n) is 12.2. The highest BCUT2D eigenvalue weighted by Crippen LogP contribution is 2.74. The van der Waals surface area contributed by atoms with Gasteiger partial charge in [0.15, 0.2) is 17.0 Å². The molecule has 3 rings (SSSR count). The van der Waals surface area contributed by atoms with Crippen molar-refractivity contribution in [2.75, 3.05) is 14.2 Å². The Morgan fingerprint density at radius 1 is 1.17 bits per heavy atom. The first kappa shape index (κ1) is 15.2. The van der Waals surface area contributed by atoms with Gasteiger partial charge in [-0.15, -0.1) is 0 Å². The van der Waals surface area contributed by atoms with E-state index in [9.17, 15) is 29.4 Å². The summed E-state index contributed by atoms with van der Waals surface area (Å²) in [4.78, 5) is 48.6. The third-order valence-electron chi connectivity index (χ3n) is 4.65. The average molecular weight is 320 g/mol. The lowest BCUT2D eigenvalue weighted by molar-refractivity contribution is -0.150. The Labute approximate surface area is 129 Å². The van der Waals surface area contributed by atoms with E-state index in [2.05, 4.69) is 9.47 Å². The summed E-state index contributed by atoms with van der Waals surface area (Å²) in [6, 6.07) is 0. The van der Waals surface area contributed by atoms with Crippen molar-refractivity contribution in [3.05, 3.63) is 35.1 Å². The normalized spacial score (nSPS) is 34.4. The first-order valence-electron chi connectivity index (χ1n) is 6.59. The molecule has 3 aliphatic rings. The van der Waals surface area contributed by atoms with E-state index < -0.39 is 51.8 Å². The second-order valence-corrected chi connectivity index (χ2v) is 5.38. The van der Waals surface area contributed by atoms with Crippen LogP contribution in [0.4, 0.5) is 0 Å². The summed E-state index contributed by atoms with van der Waals surface area (Å²) in [6.07, 6.45) is 1.16. The maximum absolute atomic E-state index is 12.4. The summed E-state index contributed by atoms with van der Waals surface area (Å²) in [6.45, 7) is 0. The molecule has 0 bridgehead atoms. The fraction of sp³-hybridized carbons (Fsp3) is 0.333. The van der Waals surface area contributed by atoms with E-state index >= 15 is 0 Å². The van der Waals surface area contributed by atoms with Crippen LogP contribution in [0.15, 0.2) is 35.1 Å². The zero-order chi connectivity index (χ0) is 17.2. The van der Waals surface area contributed by atoms with Crippen molar-refractivity contribution in [1.82, 2.24) is 0 Å². The number of methoxy groups -OCH3 is 2. The lowest BCUT2D eigenvalue weighted by atomic mass is 9.72. The molecule has 0 amide bonds. The van der Waals surface area contributed by atoms with Gasteiger partial charge < -0.3 is 19.7 Å². The van der Waals surface area contributed by atoms with Crippen molar-refractivity contribution >= 4 is 23.5 Å². The highest BCUT2D eigenvalue weighted by molar-refractivity contribution is 6.25. The second kappa shape index (κ2) is 4.39. The molecule has 3 aliphatic carbocycles. The minimum Gasteiger partial charge on any atom is -0.510 e. The van der Waals surface area contributed by atoms with E-state index in [1.54, 1.807) is 0 Å². The number of allylic oxidation sites excluding steroid dienone is 2. The van der Waals surface area contributed by atoms with Gasteiger partial charge in [-0.05, 0) is 18.2 Å². The first-order valence-corrected chi connectivity index (χ1v) is 6.59. The Bertz CT molecular complexity index is 770. The number of aliphatic hydroxyl groups excluding tert-OH is 2. The van der Waals surface area contributed by atoms with Crippen molar-refractivity contribution in [1.29, 1.82) is 0 Å². The Kier molecular flexibility index (Phi) is 2.89. The van der Waals surface area contributed by atoms with Crippen LogP contribution in [0.5, 0.6) is 0 Å². The van der Waals surface area contributed by atoms with Crippen molar-refractivity contribution < 1.29 is 38.9 Å². The van der Waals surface area contributed by atoms with Gasteiger partial charge in [-0.3, -0.25) is 14.4 Å². The topological polar surface area (TPSA) is 127 Å². The van der Waals surface area contributed by atoms with Crippen molar-refractivity contribution in [2.45, 2.75) is 6.10 Å². The number of aliphatic hydroxyl groups is 2. The molecule has 3 atom stereocenters. The summed E-state index contributed by atoms with van der Waals surface area (Å²) in [5, 5.41) is 20.8. The van der Waals surface area contributed by atoms with Crippen LogP contribution in [-0.4, -0.2) is 54.0 Å². The van der Waals surface area contributed by atoms with E-state index in [0.717, 1.165) is 32.4 Å². The molecule has 1 spiro atoms. The maximum atomic E-state index is 12.4. The summed E-state index contributed by atoms with van der Waals surface area (Å²) in [7, 11) is 2.05. The first-order chi connectivity index (χ1) is 10.8. The van der Waals surface area contributed by atoms with Crippen LogP contribution in [0.1, 0.15) is 0 Å². The Hall–Kier alpha value is -2.74. The predicted molar refractivity (Wildman–Crippen MR) is 71.8 cm³/mol. The molecule has 0 aromatic heterocycles. The molecule has 0 radical (unpaired) electrons. The van der Waals surface area contributed by atoms with Crippen molar-refractivity contribution in [2.24, 2.45) is 10.8 Å². The minimum absolute atomic E-state index is 0.249. The lowest BCUT2D eigenvalue weighted by Crippen LogP contribution is -2.40. The van der Waals surface area contributed by atoms with Gasteiger partial charge in [0.1, 0.15) is 11.2 Å². The highest BCUT2D eigenvalue weighted by Gasteiger charge is 2.90. The summed E-state index contributed by atoms with van der Waals surface area (Å²) < 4.78 is 9.11. The number of ether oxygens (including phenoxy) is 2. The third-order valence-corrected chi connectivity index (χ3v) is 4.65. The van der Waals surface area contributed by atoms with Crippen molar-refractivity contribution in [3.8, 4) is 0 Å². The molecule has 8 nitrogen and oxygen atoms in total. The predicted octanol–water partition coefficient (Wildman–Crippen LogP) is -0.860.